The van der Waals surface area contributed by atoms with E-state index in [2.05, 4.69) is 5.32 Å². The second-order valence-corrected chi connectivity index (χ2v) is 7.17. The summed E-state index contributed by atoms with van der Waals surface area (Å²) in [5.41, 5.74) is 1.01. The van der Waals surface area contributed by atoms with Gasteiger partial charge in [-0.15, -0.1) is 11.8 Å². The zero-order valence-corrected chi connectivity index (χ0v) is 16.4. The van der Waals surface area contributed by atoms with E-state index in [1.165, 1.54) is 38.1 Å². The van der Waals surface area contributed by atoms with E-state index >= 15 is 0 Å². The Hall–Kier alpha value is -3.07. The molecule has 8 nitrogen and oxygen atoms in total. The number of nitrogens with one attached hydrogen (secondary N) is 1. The molecule has 2 aromatic carbocycles. The van der Waals surface area contributed by atoms with Gasteiger partial charge in [0.2, 0.25) is 5.91 Å². The van der Waals surface area contributed by atoms with E-state index in [0.717, 1.165) is 10.5 Å². The van der Waals surface area contributed by atoms with Gasteiger partial charge in [-0.1, -0.05) is 6.07 Å². The van der Waals surface area contributed by atoms with Gasteiger partial charge >= 0.3 is 5.97 Å². The van der Waals surface area contributed by atoms with Crippen LogP contribution in [0.3, 0.4) is 0 Å². The molecule has 0 saturated heterocycles. The molecule has 2 aromatic rings. The van der Waals surface area contributed by atoms with Crippen LogP contribution in [0.4, 0.5) is 5.69 Å². The van der Waals surface area contributed by atoms with E-state index in [1.54, 1.807) is 37.3 Å². The summed E-state index contributed by atoms with van der Waals surface area (Å²) in [7, 11) is 2.74. The lowest BCUT2D eigenvalue weighted by Gasteiger charge is -2.13. The number of nitrogens with zero attached hydrogens (tertiary/aromatic N) is 1. The minimum Gasteiger partial charge on any atom is -0.496 e. The Morgan fingerprint density at radius 3 is 2.43 bits per heavy atom. The zero-order chi connectivity index (χ0) is 20.7. The maximum absolute atomic E-state index is 12.3. The van der Waals surface area contributed by atoms with Crippen molar-refractivity contribution in [1.29, 1.82) is 0 Å². The molecule has 0 aliphatic carbocycles. The van der Waals surface area contributed by atoms with Crippen molar-refractivity contribution in [2.45, 2.75) is 23.6 Å². The number of hydrogen-bond acceptors (Lipinski definition) is 7. The Morgan fingerprint density at radius 2 is 1.86 bits per heavy atom. The summed E-state index contributed by atoms with van der Waals surface area (Å²) in [5, 5.41) is 13.1. The monoisotopic (exact) mass is 404 g/mol. The number of ether oxygens (including phenoxy) is 2. The van der Waals surface area contributed by atoms with Crippen LogP contribution in [0.25, 0.3) is 0 Å². The zero-order valence-electron chi connectivity index (χ0n) is 15.6. The van der Waals surface area contributed by atoms with Gasteiger partial charge in [0.1, 0.15) is 11.3 Å². The summed E-state index contributed by atoms with van der Waals surface area (Å²) in [4.78, 5) is 35.1. The van der Waals surface area contributed by atoms with Crippen LogP contribution in [-0.2, 0) is 16.1 Å². The average Bonchev–Trinajstić information content (AvgIpc) is 2.71. The fourth-order valence-electron chi connectivity index (χ4n) is 2.37. The molecule has 2 rings (SSSR count). The van der Waals surface area contributed by atoms with Gasteiger partial charge in [0.05, 0.1) is 24.4 Å². The molecular formula is C19H20N2O6S. The largest absolute Gasteiger partial charge is 0.496 e. The number of esters is 1. The van der Waals surface area contributed by atoms with Gasteiger partial charge in [0, 0.05) is 23.6 Å². The normalized spacial score (nSPS) is 11.4. The first kappa shape index (κ1) is 21.2. The van der Waals surface area contributed by atoms with Crippen molar-refractivity contribution < 1.29 is 24.0 Å². The number of hydrogen-bond donors (Lipinski definition) is 1. The van der Waals surface area contributed by atoms with E-state index in [1.807, 2.05) is 0 Å². The Morgan fingerprint density at radius 1 is 1.18 bits per heavy atom. The van der Waals surface area contributed by atoms with Crippen LogP contribution >= 0.6 is 11.8 Å². The van der Waals surface area contributed by atoms with E-state index in [9.17, 15) is 19.7 Å². The van der Waals surface area contributed by atoms with Crippen LogP contribution < -0.4 is 10.1 Å². The summed E-state index contributed by atoms with van der Waals surface area (Å²) in [6.45, 7) is 1.98. The molecular weight excluding hydrogens is 384 g/mol. The van der Waals surface area contributed by atoms with Crippen LogP contribution in [0.2, 0.25) is 0 Å². The standard InChI is InChI=1S/C19H20N2O6S/c1-12(28-15-7-5-14(6-8-15)21(24)25)18(22)20-11-13-4-9-17(26-2)16(10-13)19(23)27-3/h4-10,12H,11H2,1-3H3,(H,20,22)/t12-/m1/s1. The van der Waals surface area contributed by atoms with Gasteiger partial charge in [-0.25, -0.2) is 4.79 Å². The summed E-state index contributed by atoms with van der Waals surface area (Å²) < 4.78 is 9.88. The maximum atomic E-state index is 12.3. The average molecular weight is 404 g/mol. The number of carbonyl (C=O) groups is 2. The number of nitro benzene ring substituents is 1. The quantitative estimate of drug-likeness (QED) is 0.311. The third-order valence-electron chi connectivity index (χ3n) is 3.87. The molecule has 1 amide bonds. The number of rotatable bonds is 8. The van der Waals surface area contributed by atoms with Crippen LogP contribution in [0, 0.1) is 10.1 Å². The van der Waals surface area contributed by atoms with Crippen LogP contribution in [0.1, 0.15) is 22.8 Å². The molecule has 0 saturated carbocycles. The predicted octanol–water partition coefficient (Wildman–Crippen LogP) is 3.19. The molecule has 1 N–H and O–H groups in total. The number of carbonyl (C=O) groups excluding carboxylic acids is 2. The van der Waals surface area contributed by atoms with Gasteiger partial charge < -0.3 is 14.8 Å². The van der Waals surface area contributed by atoms with E-state index in [-0.39, 0.29) is 23.7 Å². The van der Waals surface area contributed by atoms with Crippen molar-refractivity contribution in [3.63, 3.8) is 0 Å². The van der Waals surface area contributed by atoms with Crippen molar-refractivity contribution in [3.05, 3.63) is 63.7 Å². The topological polar surface area (TPSA) is 108 Å². The second kappa shape index (κ2) is 9.75. The lowest BCUT2D eigenvalue weighted by Crippen LogP contribution is -2.30. The molecule has 0 heterocycles. The molecule has 148 valence electrons. The Labute approximate surface area is 166 Å². The predicted molar refractivity (Wildman–Crippen MR) is 105 cm³/mol. The van der Waals surface area contributed by atoms with Gasteiger partial charge in [-0.3, -0.25) is 14.9 Å². The Kier molecular flexibility index (Phi) is 7.39. The van der Waals surface area contributed by atoms with Gasteiger partial charge in [0.25, 0.3) is 5.69 Å². The van der Waals surface area contributed by atoms with Crippen molar-refractivity contribution >= 4 is 29.3 Å². The molecule has 0 radical (unpaired) electrons. The van der Waals surface area contributed by atoms with E-state index in [4.69, 9.17) is 9.47 Å². The third-order valence-corrected chi connectivity index (χ3v) is 4.98. The lowest BCUT2D eigenvalue weighted by molar-refractivity contribution is -0.384. The minimum absolute atomic E-state index is 0.00219. The number of non-ortho nitro benzene ring substituents is 1. The number of thioether (sulfide) groups is 1. The van der Waals surface area contributed by atoms with Crippen LogP contribution in [0.5, 0.6) is 5.75 Å². The van der Waals surface area contributed by atoms with Crippen molar-refractivity contribution in [2.24, 2.45) is 0 Å². The highest BCUT2D eigenvalue weighted by Crippen LogP contribution is 2.26. The first-order valence-corrected chi connectivity index (χ1v) is 9.17. The second-order valence-electron chi connectivity index (χ2n) is 5.76. The fraction of sp³-hybridized carbons (Fsp3) is 0.263. The van der Waals surface area contributed by atoms with Crippen molar-refractivity contribution in [3.8, 4) is 5.75 Å². The molecule has 0 aliphatic heterocycles. The van der Waals surface area contributed by atoms with Crippen molar-refractivity contribution in [1.82, 2.24) is 5.32 Å². The number of benzene rings is 2. The first-order chi connectivity index (χ1) is 13.3. The molecule has 0 spiro atoms. The number of amides is 1. The number of methoxy groups -OCH3 is 2. The highest BCUT2D eigenvalue weighted by molar-refractivity contribution is 8.00. The molecule has 28 heavy (non-hydrogen) atoms. The molecule has 0 fully saturated rings. The molecule has 1 atom stereocenters. The highest BCUT2D eigenvalue weighted by atomic mass is 32.2. The Balaban J connectivity index is 1.97. The molecule has 0 bridgehead atoms. The van der Waals surface area contributed by atoms with Gasteiger partial charge in [-0.2, -0.15) is 0 Å². The summed E-state index contributed by atoms with van der Waals surface area (Å²) >= 11 is 1.30. The SMILES string of the molecule is COC(=O)c1cc(CNC(=O)[C@@H](C)Sc2ccc([N+](=O)[O-])cc2)ccc1OC. The van der Waals surface area contributed by atoms with Crippen LogP contribution in [-0.4, -0.2) is 36.3 Å². The first-order valence-electron chi connectivity index (χ1n) is 8.29. The Bertz CT molecular complexity index is 869. The fourth-order valence-corrected chi connectivity index (χ4v) is 3.26. The van der Waals surface area contributed by atoms with Gasteiger partial charge in [-0.05, 0) is 36.8 Å². The van der Waals surface area contributed by atoms with Crippen molar-refractivity contribution in [2.75, 3.05) is 14.2 Å². The summed E-state index contributed by atoms with van der Waals surface area (Å²) in [6.07, 6.45) is 0. The number of nitro groups is 1. The summed E-state index contributed by atoms with van der Waals surface area (Å²) in [6, 6.07) is 11.0. The molecule has 9 heteroatoms. The summed E-state index contributed by atoms with van der Waals surface area (Å²) in [5.74, 6) is -0.324. The third kappa shape index (κ3) is 5.46. The van der Waals surface area contributed by atoms with Gasteiger partial charge in [0.15, 0.2) is 0 Å². The molecule has 0 aliphatic rings. The van der Waals surface area contributed by atoms with E-state index in [0.29, 0.717) is 5.75 Å². The maximum Gasteiger partial charge on any atom is 0.341 e. The lowest BCUT2D eigenvalue weighted by atomic mass is 10.1. The highest BCUT2D eigenvalue weighted by Gasteiger charge is 2.17. The smallest absolute Gasteiger partial charge is 0.341 e. The molecule has 0 unspecified atom stereocenters. The minimum atomic E-state index is -0.521. The molecule has 0 aromatic heterocycles. The van der Waals surface area contributed by atoms with Crippen LogP contribution in [0.15, 0.2) is 47.4 Å². The van der Waals surface area contributed by atoms with E-state index < -0.39 is 16.1 Å².